The van der Waals surface area contributed by atoms with E-state index in [9.17, 15) is 43.2 Å². The van der Waals surface area contributed by atoms with Crippen molar-refractivity contribution in [1.29, 1.82) is 0 Å². The van der Waals surface area contributed by atoms with Crippen LogP contribution >= 0.6 is 0 Å². The molecular weight excluding hydrogens is 390 g/mol. The van der Waals surface area contributed by atoms with E-state index in [-0.39, 0.29) is 13.2 Å². The average molecular weight is 404 g/mol. The van der Waals surface area contributed by atoms with E-state index in [0.717, 1.165) is 0 Å². The normalized spacial score (nSPS) is 12.6. The number of hydrogen-bond donors (Lipinski definition) is 4. The largest absolute Gasteiger partial charge is 0.405 e. The molecule has 0 aromatic rings. The second-order valence-electron chi connectivity index (χ2n) is 3.48. The van der Waals surface area contributed by atoms with Gasteiger partial charge in [0.25, 0.3) is 20.2 Å². The number of rotatable bonds is 4. The highest BCUT2D eigenvalue weighted by molar-refractivity contribution is 7.86. The van der Waals surface area contributed by atoms with Crippen molar-refractivity contribution in [1.82, 2.24) is 0 Å². The molecule has 0 aromatic carbocycles. The van der Waals surface area contributed by atoms with E-state index in [1.807, 2.05) is 0 Å². The van der Waals surface area contributed by atoms with E-state index in [4.69, 9.17) is 19.3 Å². The van der Waals surface area contributed by atoms with Crippen LogP contribution in [0.25, 0.3) is 0 Å². The summed E-state index contributed by atoms with van der Waals surface area (Å²) in [6.45, 7) is 0.188. The summed E-state index contributed by atoms with van der Waals surface area (Å²) in [5.41, 5.74) is 0. The highest BCUT2D eigenvalue weighted by Crippen LogP contribution is 2.16. The Labute approximate surface area is 127 Å². The van der Waals surface area contributed by atoms with Crippen LogP contribution in [0, 0.1) is 0 Å². The fourth-order valence-corrected chi connectivity index (χ4v) is 1.31. The lowest BCUT2D eigenvalue weighted by Gasteiger charge is -2.00. The van der Waals surface area contributed by atoms with Gasteiger partial charge in [0, 0.05) is 13.2 Å². The van der Waals surface area contributed by atoms with Gasteiger partial charge in [0.2, 0.25) is 0 Å². The standard InChI is InChI=1S/C3H8O2.2C2H3F3O3S/c4-2-1-3-5;2*3-2(4,5)1-9(6,7)8/h4-5H,1-3H2;2*1H2,(H,6,7,8). The minimum Gasteiger partial charge on any atom is -0.396 e. The van der Waals surface area contributed by atoms with Gasteiger partial charge in [-0.1, -0.05) is 0 Å². The number of hydrogen-bond acceptors (Lipinski definition) is 6. The molecule has 0 unspecified atom stereocenters. The Hall–Kier alpha value is -0.680. The van der Waals surface area contributed by atoms with Gasteiger partial charge in [-0.05, 0) is 6.42 Å². The smallest absolute Gasteiger partial charge is 0.396 e. The first-order chi connectivity index (χ1) is 9.83. The predicted octanol–water partition coefficient (Wildman–Crippen LogP) is 0.234. The highest BCUT2D eigenvalue weighted by atomic mass is 32.2. The predicted molar refractivity (Wildman–Crippen MR) is 63.7 cm³/mol. The maximum atomic E-state index is 11.0. The number of alkyl halides is 6. The molecule has 0 spiro atoms. The van der Waals surface area contributed by atoms with Crippen LogP contribution in [0.5, 0.6) is 0 Å². The maximum Gasteiger partial charge on any atom is 0.405 e. The minimum atomic E-state index is -4.91. The average Bonchev–Trinajstić information content (AvgIpc) is 2.07. The van der Waals surface area contributed by atoms with E-state index < -0.39 is 44.1 Å². The Kier molecular flexibility index (Phi) is 13.0. The Morgan fingerprint density at radius 2 is 0.870 bits per heavy atom. The summed E-state index contributed by atoms with van der Waals surface area (Å²) in [6.07, 6.45) is -9.21. The lowest BCUT2D eigenvalue weighted by molar-refractivity contribution is -0.108. The van der Waals surface area contributed by atoms with Crippen molar-refractivity contribution in [2.75, 3.05) is 24.7 Å². The molecular formula is C7H14F6O8S2. The minimum absolute atomic E-state index is 0.0938. The van der Waals surface area contributed by atoms with Crippen LogP contribution < -0.4 is 0 Å². The molecule has 0 saturated carbocycles. The summed E-state index contributed by atoms with van der Waals surface area (Å²) in [4.78, 5) is 0. The molecule has 0 radical (unpaired) electrons. The van der Waals surface area contributed by atoms with E-state index in [2.05, 4.69) is 0 Å². The van der Waals surface area contributed by atoms with Crippen molar-refractivity contribution < 1.29 is 62.5 Å². The summed E-state index contributed by atoms with van der Waals surface area (Å²) in [5.74, 6) is -4.36. The first-order valence-electron chi connectivity index (χ1n) is 5.08. The molecule has 8 nitrogen and oxygen atoms in total. The monoisotopic (exact) mass is 404 g/mol. The van der Waals surface area contributed by atoms with Gasteiger partial charge in [0.15, 0.2) is 11.5 Å². The molecule has 0 aliphatic carbocycles. The lowest BCUT2D eigenvalue weighted by atomic mass is 10.5. The van der Waals surface area contributed by atoms with Crippen LogP contribution in [-0.2, 0) is 20.2 Å². The van der Waals surface area contributed by atoms with Crippen molar-refractivity contribution in [2.24, 2.45) is 0 Å². The van der Waals surface area contributed by atoms with Gasteiger partial charge >= 0.3 is 12.4 Å². The van der Waals surface area contributed by atoms with Gasteiger partial charge in [-0.3, -0.25) is 9.11 Å². The zero-order valence-electron chi connectivity index (χ0n) is 11.0. The van der Waals surface area contributed by atoms with Crippen molar-refractivity contribution in [3.05, 3.63) is 0 Å². The zero-order chi connectivity index (χ0) is 19.5. The second kappa shape index (κ2) is 11.0. The van der Waals surface area contributed by atoms with Crippen molar-refractivity contribution in [2.45, 2.75) is 18.8 Å². The highest BCUT2D eigenvalue weighted by Gasteiger charge is 2.34. The fraction of sp³-hybridized carbons (Fsp3) is 1.00. The zero-order valence-corrected chi connectivity index (χ0v) is 12.7. The molecule has 0 bridgehead atoms. The molecule has 144 valence electrons. The third-order valence-corrected chi connectivity index (χ3v) is 2.39. The summed E-state index contributed by atoms with van der Waals surface area (Å²) < 4.78 is 119. The summed E-state index contributed by atoms with van der Waals surface area (Å²) in [6, 6.07) is 0. The van der Waals surface area contributed by atoms with Crippen molar-refractivity contribution >= 4 is 20.2 Å². The first kappa shape index (κ1) is 27.2. The van der Waals surface area contributed by atoms with Crippen LogP contribution in [0.2, 0.25) is 0 Å². The molecule has 0 heterocycles. The molecule has 0 aromatic heterocycles. The van der Waals surface area contributed by atoms with Crippen LogP contribution in [0.15, 0.2) is 0 Å². The third kappa shape index (κ3) is 44.9. The van der Waals surface area contributed by atoms with Gasteiger partial charge < -0.3 is 10.2 Å². The Bertz CT molecular complexity index is 448. The van der Waals surface area contributed by atoms with Gasteiger partial charge in [-0.2, -0.15) is 43.2 Å². The SMILES string of the molecule is O=S(=O)(O)CC(F)(F)F.O=S(=O)(O)CC(F)(F)F.OCCCO. The molecule has 0 aliphatic heterocycles. The van der Waals surface area contributed by atoms with Crippen LogP contribution in [-0.4, -0.2) is 73.2 Å². The maximum absolute atomic E-state index is 11.0. The Morgan fingerprint density at radius 1 is 0.652 bits per heavy atom. The molecule has 16 heteroatoms. The van der Waals surface area contributed by atoms with Crippen LogP contribution in [0.4, 0.5) is 26.3 Å². The molecule has 0 aliphatic rings. The topological polar surface area (TPSA) is 149 Å². The molecule has 0 fully saturated rings. The lowest BCUT2D eigenvalue weighted by Crippen LogP contribution is -2.21. The van der Waals surface area contributed by atoms with Gasteiger partial charge in [-0.15, -0.1) is 0 Å². The van der Waals surface area contributed by atoms with E-state index in [1.165, 1.54) is 0 Å². The number of aliphatic hydroxyl groups excluding tert-OH is 2. The van der Waals surface area contributed by atoms with E-state index >= 15 is 0 Å². The van der Waals surface area contributed by atoms with Crippen molar-refractivity contribution in [3.63, 3.8) is 0 Å². The van der Waals surface area contributed by atoms with Gasteiger partial charge in [0.1, 0.15) is 0 Å². The molecule has 23 heavy (non-hydrogen) atoms. The third-order valence-electron chi connectivity index (χ3n) is 1.01. The number of halogens is 6. The first-order valence-corrected chi connectivity index (χ1v) is 8.30. The molecule has 0 saturated heterocycles. The van der Waals surface area contributed by atoms with E-state index in [0.29, 0.717) is 6.42 Å². The summed E-state index contributed by atoms with van der Waals surface area (Å²) in [7, 11) is -9.81. The van der Waals surface area contributed by atoms with Crippen molar-refractivity contribution in [3.8, 4) is 0 Å². The molecule has 0 rings (SSSR count). The fourth-order valence-electron chi connectivity index (χ4n) is 0.484. The molecule has 0 amide bonds. The molecule has 0 atom stereocenters. The van der Waals surface area contributed by atoms with Gasteiger partial charge in [-0.25, -0.2) is 0 Å². The molecule has 4 N–H and O–H groups in total. The Morgan fingerprint density at radius 3 is 0.870 bits per heavy atom. The number of aliphatic hydroxyl groups is 2. The van der Waals surface area contributed by atoms with Gasteiger partial charge in [0.05, 0.1) is 0 Å². The quantitative estimate of drug-likeness (QED) is 0.384. The van der Waals surface area contributed by atoms with Crippen LogP contribution in [0.3, 0.4) is 0 Å². The summed E-state index contributed by atoms with van der Waals surface area (Å²) >= 11 is 0. The van der Waals surface area contributed by atoms with E-state index in [1.54, 1.807) is 0 Å². The summed E-state index contributed by atoms with van der Waals surface area (Å²) in [5, 5.41) is 15.8. The second-order valence-corrected chi connectivity index (χ2v) is 6.39. The Balaban J connectivity index is -0.000000273. The van der Waals surface area contributed by atoms with Crippen LogP contribution in [0.1, 0.15) is 6.42 Å².